The van der Waals surface area contributed by atoms with Crippen molar-refractivity contribution in [2.24, 2.45) is 0 Å². The van der Waals surface area contributed by atoms with Gasteiger partial charge in [0.2, 0.25) is 5.95 Å². The van der Waals surface area contributed by atoms with Gasteiger partial charge in [-0.2, -0.15) is 4.98 Å². The van der Waals surface area contributed by atoms with Crippen LogP contribution in [0.15, 0.2) is 30.5 Å². The molecule has 6 heteroatoms. The van der Waals surface area contributed by atoms with E-state index in [1.807, 2.05) is 6.07 Å². The molecule has 0 aliphatic heterocycles. The summed E-state index contributed by atoms with van der Waals surface area (Å²) in [5.74, 6) is 1.22. The van der Waals surface area contributed by atoms with E-state index < -0.39 is 0 Å². The maximum Gasteiger partial charge on any atom is 0.229 e. The van der Waals surface area contributed by atoms with Gasteiger partial charge >= 0.3 is 0 Å². The summed E-state index contributed by atoms with van der Waals surface area (Å²) in [4.78, 5) is 8.56. The van der Waals surface area contributed by atoms with E-state index in [0.29, 0.717) is 27.7 Å². The van der Waals surface area contributed by atoms with Crippen molar-refractivity contribution in [3.8, 4) is 0 Å². The van der Waals surface area contributed by atoms with Crippen LogP contribution in [-0.2, 0) is 0 Å². The Morgan fingerprint density at radius 3 is 2.55 bits per heavy atom. The van der Waals surface area contributed by atoms with Crippen LogP contribution >= 0.6 is 23.2 Å². The quantitative estimate of drug-likeness (QED) is 0.837. The minimum absolute atomic E-state index is 0.349. The van der Waals surface area contributed by atoms with Gasteiger partial charge in [-0.25, -0.2) is 4.98 Å². The van der Waals surface area contributed by atoms with E-state index in [4.69, 9.17) is 23.2 Å². The largest absolute Gasteiger partial charge is 0.367 e. The molecular weight excluding hydrogens is 295 g/mol. The Labute approximate surface area is 128 Å². The maximum atomic E-state index is 6.11. The minimum Gasteiger partial charge on any atom is -0.367 e. The molecule has 20 heavy (non-hydrogen) atoms. The molecule has 0 saturated heterocycles. The average Bonchev–Trinajstić information content (AvgIpc) is 2.43. The normalized spacial score (nSPS) is 12.0. The second-order valence-corrected chi connectivity index (χ2v) is 5.26. The molecule has 0 fully saturated rings. The Morgan fingerprint density at radius 1 is 1.20 bits per heavy atom. The third-order valence-electron chi connectivity index (χ3n) is 2.86. The lowest BCUT2D eigenvalue weighted by Crippen LogP contribution is -2.15. The Bertz CT molecular complexity index is 569. The highest BCUT2D eigenvalue weighted by molar-refractivity contribution is 6.39. The summed E-state index contributed by atoms with van der Waals surface area (Å²) in [5, 5.41) is 7.39. The van der Waals surface area contributed by atoms with Gasteiger partial charge in [0, 0.05) is 12.2 Å². The molecule has 0 saturated carbocycles. The van der Waals surface area contributed by atoms with E-state index >= 15 is 0 Å². The van der Waals surface area contributed by atoms with Gasteiger partial charge in [-0.15, -0.1) is 0 Å². The van der Waals surface area contributed by atoms with Gasteiger partial charge in [0.15, 0.2) is 0 Å². The highest BCUT2D eigenvalue weighted by Gasteiger charge is 2.08. The Hall–Kier alpha value is -1.52. The number of aromatic nitrogens is 2. The number of halogens is 2. The van der Waals surface area contributed by atoms with Crippen LogP contribution in [0.2, 0.25) is 10.0 Å². The van der Waals surface area contributed by atoms with Crippen molar-refractivity contribution in [3.05, 3.63) is 40.5 Å². The van der Waals surface area contributed by atoms with Gasteiger partial charge < -0.3 is 10.6 Å². The number of para-hydroxylation sites is 1. The van der Waals surface area contributed by atoms with Crippen molar-refractivity contribution in [3.63, 3.8) is 0 Å². The molecule has 1 heterocycles. The van der Waals surface area contributed by atoms with Crippen LogP contribution in [0.5, 0.6) is 0 Å². The lowest BCUT2D eigenvalue weighted by atomic mass is 10.2. The lowest BCUT2D eigenvalue weighted by Gasteiger charge is -2.13. The van der Waals surface area contributed by atoms with E-state index in [9.17, 15) is 0 Å². The second-order valence-electron chi connectivity index (χ2n) is 4.44. The number of benzene rings is 1. The predicted molar refractivity (Wildman–Crippen MR) is 85.2 cm³/mol. The van der Waals surface area contributed by atoms with Crippen LogP contribution in [0.3, 0.4) is 0 Å². The molecule has 106 valence electrons. The molecule has 2 N–H and O–H groups in total. The molecule has 1 aromatic heterocycles. The van der Waals surface area contributed by atoms with Crippen LogP contribution in [-0.4, -0.2) is 16.0 Å². The third kappa shape index (κ3) is 3.74. The third-order valence-corrected chi connectivity index (χ3v) is 3.49. The van der Waals surface area contributed by atoms with Gasteiger partial charge in [0.1, 0.15) is 5.82 Å². The molecule has 0 aliphatic rings. The first kappa shape index (κ1) is 14.9. The monoisotopic (exact) mass is 310 g/mol. The number of rotatable bonds is 5. The van der Waals surface area contributed by atoms with Crippen molar-refractivity contribution >= 4 is 40.7 Å². The summed E-state index contributed by atoms with van der Waals surface area (Å²) < 4.78 is 0. The summed E-state index contributed by atoms with van der Waals surface area (Å²) in [7, 11) is 0. The van der Waals surface area contributed by atoms with Gasteiger partial charge in [0.25, 0.3) is 0 Å². The zero-order chi connectivity index (χ0) is 14.5. The SMILES string of the molecule is CCC(C)Nc1ccnc(Nc2c(Cl)cccc2Cl)n1. The van der Waals surface area contributed by atoms with E-state index in [1.165, 1.54) is 0 Å². The standard InChI is InChI=1S/C14H16Cl2N4/c1-3-9(2)18-12-7-8-17-14(19-12)20-13-10(15)5-4-6-11(13)16/h4-9H,3H2,1-2H3,(H2,17,18,19,20). The number of hydrogen-bond donors (Lipinski definition) is 2. The highest BCUT2D eigenvalue weighted by Crippen LogP contribution is 2.31. The molecule has 1 aromatic carbocycles. The van der Waals surface area contributed by atoms with Crippen molar-refractivity contribution in [1.82, 2.24) is 9.97 Å². The van der Waals surface area contributed by atoms with Gasteiger partial charge in [-0.3, -0.25) is 0 Å². The Kier molecular flexibility index (Phi) is 5.04. The smallest absolute Gasteiger partial charge is 0.229 e. The zero-order valence-electron chi connectivity index (χ0n) is 11.3. The Balaban J connectivity index is 2.20. The number of nitrogens with one attached hydrogen (secondary N) is 2. The summed E-state index contributed by atoms with van der Waals surface area (Å²) in [6.07, 6.45) is 2.70. The predicted octanol–water partition coefficient (Wildman–Crippen LogP) is 4.74. The highest BCUT2D eigenvalue weighted by atomic mass is 35.5. The zero-order valence-corrected chi connectivity index (χ0v) is 12.8. The number of nitrogens with zero attached hydrogens (tertiary/aromatic N) is 2. The van der Waals surface area contributed by atoms with Crippen LogP contribution in [0.4, 0.5) is 17.5 Å². The first-order valence-electron chi connectivity index (χ1n) is 6.40. The first-order valence-corrected chi connectivity index (χ1v) is 7.16. The summed E-state index contributed by atoms with van der Waals surface area (Å²) >= 11 is 12.2. The van der Waals surface area contributed by atoms with E-state index in [1.54, 1.807) is 24.4 Å². The summed E-state index contributed by atoms with van der Waals surface area (Å²) in [6.45, 7) is 4.21. The van der Waals surface area contributed by atoms with Crippen LogP contribution in [0, 0.1) is 0 Å². The van der Waals surface area contributed by atoms with E-state index in [2.05, 4.69) is 34.4 Å². The Morgan fingerprint density at radius 2 is 1.90 bits per heavy atom. The van der Waals surface area contributed by atoms with Gasteiger partial charge in [-0.05, 0) is 31.5 Å². The van der Waals surface area contributed by atoms with Crippen LogP contribution in [0.25, 0.3) is 0 Å². The second kappa shape index (κ2) is 6.77. The molecule has 2 rings (SSSR count). The van der Waals surface area contributed by atoms with Crippen molar-refractivity contribution in [1.29, 1.82) is 0 Å². The van der Waals surface area contributed by atoms with Crippen LogP contribution in [0.1, 0.15) is 20.3 Å². The van der Waals surface area contributed by atoms with Crippen molar-refractivity contribution < 1.29 is 0 Å². The molecule has 0 aliphatic carbocycles. The maximum absolute atomic E-state index is 6.11. The minimum atomic E-state index is 0.349. The number of hydrogen-bond acceptors (Lipinski definition) is 4. The summed E-state index contributed by atoms with van der Waals surface area (Å²) in [5.41, 5.74) is 0.608. The fraction of sp³-hybridized carbons (Fsp3) is 0.286. The van der Waals surface area contributed by atoms with E-state index in [-0.39, 0.29) is 0 Å². The number of anilines is 3. The fourth-order valence-corrected chi connectivity index (χ4v) is 2.07. The fourth-order valence-electron chi connectivity index (χ4n) is 1.58. The molecule has 4 nitrogen and oxygen atoms in total. The molecule has 0 radical (unpaired) electrons. The van der Waals surface area contributed by atoms with Crippen molar-refractivity contribution in [2.45, 2.75) is 26.3 Å². The molecule has 1 atom stereocenters. The molecule has 0 amide bonds. The lowest BCUT2D eigenvalue weighted by molar-refractivity contribution is 0.758. The topological polar surface area (TPSA) is 49.8 Å². The molecule has 2 aromatic rings. The van der Waals surface area contributed by atoms with Crippen molar-refractivity contribution in [2.75, 3.05) is 10.6 Å². The van der Waals surface area contributed by atoms with Gasteiger partial charge in [-0.1, -0.05) is 36.2 Å². The molecule has 0 bridgehead atoms. The summed E-state index contributed by atoms with van der Waals surface area (Å²) in [6, 6.07) is 7.48. The first-order chi connectivity index (χ1) is 9.60. The molecule has 1 unspecified atom stereocenters. The van der Waals surface area contributed by atoms with Gasteiger partial charge in [0.05, 0.1) is 15.7 Å². The average molecular weight is 311 g/mol. The molecular formula is C14H16Cl2N4. The van der Waals surface area contributed by atoms with Crippen LogP contribution < -0.4 is 10.6 Å². The van der Waals surface area contributed by atoms with E-state index in [0.717, 1.165) is 12.2 Å². The molecule has 0 spiro atoms.